The third-order valence-electron chi connectivity index (χ3n) is 4.33. The number of ether oxygens (including phenoxy) is 3. The van der Waals surface area contributed by atoms with E-state index >= 15 is 0 Å². The Hall–Kier alpha value is -2.15. The number of benzene rings is 1. The molecule has 0 aliphatic carbocycles. The van der Waals surface area contributed by atoms with Crippen LogP contribution in [0, 0.1) is 0 Å². The van der Waals surface area contributed by atoms with Gasteiger partial charge in [0.05, 0.1) is 12.1 Å². The van der Waals surface area contributed by atoms with Crippen molar-refractivity contribution in [1.29, 1.82) is 0 Å². The molecule has 1 N–H and O–H groups in total. The lowest BCUT2D eigenvalue weighted by molar-refractivity contribution is -0.125. The molecule has 0 aromatic heterocycles. The van der Waals surface area contributed by atoms with Crippen molar-refractivity contribution >= 4 is 23.6 Å². The van der Waals surface area contributed by atoms with Crippen LogP contribution in [0.15, 0.2) is 12.1 Å². The zero-order chi connectivity index (χ0) is 17.8. The summed E-state index contributed by atoms with van der Waals surface area (Å²) >= 11 is 6.21. The lowest BCUT2D eigenvalue weighted by Crippen LogP contribution is -2.46. The maximum absolute atomic E-state index is 12.3. The number of nitrogens with zero attached hydrogens (tertiary/aromatic N) is 1. The van der Waals surface area contributed by atoms with Gasteiger partial charge in [-0.25, -0.2) is 4.79 Å². The monoisotopic (exact) mass is 368 g/mol. The van der Waals surface area contributed by atoms with Crippen LogP contribution in [0.5, 0.6) is 11.5 Å². The van der Waals surface area contributed by atoms with E-state index in [0.717, 1.165) is 12.0 Å². The van der Waals surface area contributed by atoms with Crippen molar-refractivity contribution in [3.63, 3.8) is 0 Å². The van der Waals surface area contributed by atoms with E-state index in [1.807, 2.05) is 12.1 Å². The Morgan fingerprint density at radius 2 is 2.16 bits per heavy atom. The summed E-state index contributed by atoms with van der Waals surface area (Å²) in [5.41, 5.74) is 0.950. The average Bonchev–Trinajstić information content (AvgIpc) is 3.11. The molecule has 1 fully saturated rings. The summed E-state index contributed by atoms with van der Waals surface area (Å²) < 4.78 is 15.8. The molecule has 2 amide bonds. The normalized spacial score (nSPS) is 18.8. The number of halogens is 1. The van der Waals surface area contributed by atoms with Crippen molar-refractivity contribution in [2.24, 2.45) is 0 Å². The van der Waals surface area contributed by atoms with E-state index in [0.29, 0.717) is 55.7 Å². The molecule has 2 aliphatic rings. The largest absolute Gasteiger partial charge is 0.486 e. The Labute approximate surface area is 151 Å². The maximum Gasteiger partial charge on any atom is 0.410 e. The van der Waals surface area contributed by atoms with Crippen LogP contribution < -0.4 is 14.8 Å². The number of fused-ring (bicyclic) bond motifs is 1. The number of likely N-dealkylation sites (tertiary alicyclic amines) is 1. The molecule has 0 bridgehead atoms. The molecule has 8 heteroatoms. The van der Waals surface area contributed by atoms with Gasteiger partial charge in [0.15, 0.2) is 11.5 Å². The predicted octanol–water partition coefficient (Wildman–Crippen LogP) is 2.00. The van der Waals surface area contributed by atoms with Gasteiger partial charge in [0.25, 0.3) is 0 Å². The first-order valence-corrected chi connectivity index (χ1v) is 8.68. The summed E-state index contributed by atoms with van der Waals surface area (Å²) in [5, 5.41) is 3.38. The second kappa shape index (κ2) is 7.82. The molecule has 136 valence electrons. The van der Waals surface area contributed by atoms with Gasteiger partial charge in [-0.3, -0.25) is 9.69 Å². The second-order valence-electron chi connectivity index (χ2n) is 5.96. The molecule has 1 saturated heterocycles. The number of nitrogens with one attached hydrogen (secondary N) is 1. The molecular formula is C17H21ClN2O5. The van der Waals surface area contributed by atoms with Crippen molar-refractivity contribution in [2.45, 2.75) is 25.3 Å². The molecule has 3 rings (SSSR count). The Morgan fingerprint density at radius 1 is 1.36 bits per heavy atom. The predicted molar refractivity (Wildman–Crippen MR) is 91.3 cm³/mol. The molecule has 0 saturated carbocycles. The van der Waals surface area contributed by atoms with E-state index in [1.54, 1.807) is 0 Å². The fraction of sp³-hybridized carbons (Fsp3) is 0.529. The van der Waals surface area contributed by atoms with Crippen LogP contribution >= 0.6 is 11.6 Å². The number of hydrogen-bond acceptors (Lipinski definition) is 5. The van der Waals surface area contributed by atoms with Crippen molar-refractivity contribution < 1.29 is 23.8 Å². The fourth-order valence-corrected chi connectivity index (χ4v) is 3.42. The van der Waals surface area contributed by atoms with E-state index in [1.165, 1.54) is 12.0 Å². The molecular weight excluding hydrogens is 348 g/mol. The van der Waals surface area contributed by atoms with Gasteiger partial charge in [-0.15, -0.1) is 0 Å². The molecule has 1 atom stereocenters. The van der Waals surface area contributed by atoms with E-state index in [-0.39, 0.29) is 5.91 Å². The summed E-state index contributed by atoms with van der Waals surface area (Å²) in [6.07, 6.45) is 1.59. The number of hydrogen-bond donors (Lipinski definition) is 1. The maximum atomic E-state index is 12.3. The molecule has 7 nitrogen and oxygen atoms in total. The van der Waals surface area contributed by atoms with Gasteiger partial charge in [0, 0.05) is 13.1 Å². The van der Waals surface area contributed by atoms with Crippen LogP contribution in [-0.2, 0) is 16.0 Å². The van der Waals surface area contributed by atoms with Gasteiger partial charge in [-0.1, -0.05) is 11.6 Å². The highest BCUT2D eigenvalue weighted by atomic mass is 35.5. The minimum atomic E-state index is -0.462. The molecule has 2 heterocycles. The van der Waals surface area contributed by atoms with Gasteiger partial charge in [0.1, 0.15) is 19.3 Å². The molecule has 1 aromatic rings. The van der Waals surface area contributed by atoms with Crippen LogP contribution in [0.2, 0.25) is 5.02 Å². The zero-order valence-electron chi connectivity index (χ0n) is 14.0. The lowest BCUT2D eigenvalue weighted by Gasteiger charge is -2.22. The number of carbonyl (C=O) groups is 2. The van der Waals surface area contributed by atoms with Crippen LogP contribution in [-0.4, -0.2) is 56.4 Å². The van der Waals surface area contributed by atoms with Gasteiger partial charge < -0.3 is 19.5 Å². The zero-order valence-corrected chi connectivity index (χ0v) is 14.8. The highest BCUT2D eigenvalue weighted by molar-refractivity contribution is 6.32. The Bertz CT molecular complexity index is 667. The van der Waals surface area contributed by atoms with E-state index in [2.05, 4.69) is 5.32 Å². The molecule has 1 aromatic carbocycles. The van der Waals surface area contributed by atoms with Crippen LogP contribution in [0.4, 0.5) is 4.79 Å². The smallest absolute Gasteiger partial charge is 0.410 e. The highest BCUT2D eigenvalue weighted by Crippen LogP contribution is 2.38. The number of amides is 2. The number of rotatable bonds is 4. The Kier molecular flexibility index (Phi) is 5.53. The molecule has 0 radical (unpaired) electrons. The van der Waals surface area contributed by atoms with Gasteiger partial charge >= 0.3 is 6.09 Å². The van der Waals surface area contributed by atoms with Crippen molar-refractivity contribution in [3.8, 4) is 11.5 Å². The average molecular weight is 369 g/mol. The summed E-state index contributed by atoms with van der Waals surface area (Å²) in [7, 11) is 1.32. The van der Waals surface area contributed by atoms with Crippen molar-refractivity contribution in [2.75, 3.05) is 33.4 Å². The molecule has 0 spiro atoms. The van der Waals surface area contributed by atoms with E-state index < -0.39 is 12.1 Å². The Morgan fingerprint density at radius 3 is 2.96 bits per heavy atom. The first kappa shape index (κ1) is 17.7. The van der Waals surface area contributed by atoms with Crippen molar-refractivity contribution in [1.82, 2.24) is 10.2 Å². The van der Waals surface area contributed by atoms with Gasteiger partial charge in [-0.2, -0.15) is 0 Å². The van der Waals surface area contributed by atoms with Crippen LogP contribution in [0.25, 0.3) is 0 Å². The third kappa shape index (κ3) is 3.92. The Balaban J connectivity index is 1.55. The first-order chi connectivity index (χ1) is 12.1. The summed E-state index contributed by atoms with van der Waals surface area (Å²) in [6, 6.07) is 3.23. The quantitative estimate of drug-likeness (QED) is 0.879. The molecule has 25 heavy (non-hydrogen) atoms. The summed E-state index contributed by atoms with van der Waals surface area (Å²) in [4.78, 5) is 25.5. The minimum Gasteiger partial charge on any atom is -0.486 e. The molecule has 1 unspecified atom stereocenters. The third-order valence-corrected chi connectivity index (χ3v) is 4.61. The van der Waals surface area contributed by atoms with Crippen LogP contribution in [0.1, 0.15) is 18.4 Å². The van der Waals surface area contributed by atoms with Gasteiger partial charge in [0.2, 0.25) is 5.91 Å². The summed E-state index contributed by atoms with van der Waals surface area (Å²) in [5.74, 6) is 1.04. The molecule has 2 aliphatic heterocycles. The van der Waals surface area contributed by atoms with E-state index in [4.69, 9.17) is 25.8 Å². The van der Waals surface area contributed by atoms with E-state index in [9.17, 15) is 9.59 Å². The fourth-order valence-electron chi connectivity index (χ4n) is 3.13. The second-order valence-corrected chi connectivity index (χ2v) is 6.37. The minimum absolute atomic E-state index is 0.161. The number of methoxy groups -OCH3 is 1. The first-order valence-electron chi connectivity index (χ1n) is 8.30. The SMILES string of the molecule is COC(=O)N1CCCC1C(=O)NCCc1cc(Cl)c2c(c1)OCCO2. The topological polar surface area (TPSA) is 77.1 Å². The summed E-state index contributed by atoms with van der Waals surface area (Å²) in [6.45, 7) is 1.97. The van der Waals surface area contributed by atoms with Crippen LogP contribution in [0.3, 0.4) is 0 Å². The lowest BCUT2D eigenvalue weighted by atomic mass is 10.1. The standard InChI is InChI=1S/C17H21ClN2O5/c1-23-17(22)20-6-2-3-13(20)16(21)19-5-4-11-9-12(18)15-14(10-11)24-7-8-25-15/h9-10,13H,2-8H2,1H3,(H,19,21). The van der Waals surface area contributed by atoms with Crippen molar-refractivity contribution in [3.05, 3.63) is 22.7 Å². The van der Waals surface area contributed by atoms with Gasteiger partial charge in [-0.05, 0) is 37.0 Å². The highest BCUT2D eigenvalue weighted by Gasteiger charge is 2.34. The number of carbonyl (C=O) groups excluding carboxylic acids is 2.